The Kier molecular flexibility index (Phi) is 2.52. The smallest absolute Gasteiger partial charge is 0.273 e. The van der Waals surface area contributed by atoms with Crippen LogP contribution >= 0.6 is 15.9 Å². The average molecular weight is 267 g/mol. The van der Waals surface area contributed by atoms with Gasteiger partial charge in [-0.1, -0.05) is 28.1 Å². The highest BCUT2D eigenvalue weighted by atomic mass is 79.9. The molecule has 0 fully saturated rings. The van der Waals surface area contributed by atoms with E-state index in [-0.39, 0.29) is 5.91 Å². The molecule has 1 aromatic carbocycles. The molecule has 0 saturated carbocycles. The number of halogens is 1. The summed E-state index contributed by atoms with van der Waals surface area (Å²) in [5.74, 6) is -0.0782. The molecule has 78 valence electrons. The third-order valence-corrected chi connectivity index (χ3v) is 2.77. The first kappa shape index (κ1) is 10.2. The molecule has 1 heterocycles. The number of amides is 1. The number of allylic oxidation sites excluding steroid dienone is 1. The van der Waals surface area contributed by atoms with E-state index in [0.29, 0.717) is 5.70 Å². The monoisotopic (exact) mass is 266 g/mol. The van der Waals surface area contributed by atoms with E-state index >= 15 is 0 Å². The van der Waals surface area contributed by atoms with Gasteiger partial charge < -0.3 is 10.2 Å². The second kappa shape index (κ2) is 3.70. The van der Waals surface area contributed by atoms with E-state index < -0.39 is 0 Å². The molecular formula is C11H11BrN2O. The van der Waals surface area contributed by atoms with Gasteiger partial charge in [-0.05, 0) is 19.1 Å². The largest absolute Gasteiger partial charge is 0.338 e. The highest BCUT2D eigenvalue weighted by Gasteiger charge is 2.25. The lowest BCUT2D eigenvalue weighted by Crippen LogP contribution is -2.33. The standard InChI is InChI=1S/C11H11BrN2O/c1-7(12)10-11(15)13-8-5-3-4-6-9(8)14(10)2/h3-6H,1-2H3,(H,13,15)/b10-7+. The molecule has 0 radical (unpaired) electrons. The fourth-order valence-electron chi connectivity index (χ4n) is 1.71. The van der Waals surface area contributed by atoms with Crippen LogP contribution in [0, 0.1) is 0 Å². The Labute approximate surface area is 96.9 Å². The predicted octanol–water partition coefficient (Wildman–Crippen LogP) is 2.70. The van der Waals surface area contributed by atoms with Gasteiger partial charge in [-0.15, -0.1) is 0 Å². The summed E-state index contributed by atoms with van der Waals surface area (Å²) in [6, 6.07) is 7.73. The van der Waals surface area contributed by atoms with Gasteiger partial charge in [0.15, 0.2) is 0 Å². The molecule has 1 aliphatic heterocycles. The molecule has 4 heteroatoms. The first-order chi connectivity index (χ1) is 7.11. The second-order valence-electron chi connectivity index (χ2n) is 3.41. The molecule has 0 unspecified atom stereocenters. The molecular weight excluding hydrogens is 256 g/mol. The van der Waals surface area contributed by atoms with Crippen molar-refractivity contribution in [2.45, 2.75) is 6.92 Å². The zero-order valence-corrected chi connectivity index (χ0v) is 10.1. The van der Waals surface area contributed by atoms with Crippen LogP contribution in [0.25, 0.3) is 0 Å². The van der Waals surface area contributed by atoms with Gasteiger partial charge in [0.05, 0.1) is 11.4 Å². The molecule has 0 spiro atoms. The number of anilines is 2. The first-order valence-electron chi connectivity index (χ1n) is 4.61. The van der Waals surface area contributed by atoms with Crippen molar-refractivity contribution in [1.29, 1.82) is 0 Å². The minimum Gasteiger partial charge on any atom is -0.338 e. The van der Waals surface area contributed by atoms with E-state index in [1.165, 1.54) is 0 Å². The Balaban J connectivity index is 2.58. The van der Waals surface area contributed by atoms with Crippen LogP contribution in [0.15, 0.2) is 34.4 Å². The zero-order valence-electron chi connectivity index (χ0n) is 8.54. The lowest BCUT2D eigenvalue weighted by molar-refractivity contribution is -0.113. The number of hydrogen-bond acceptors (Lipinski definition) is 2. The summed E-state index contributed by atoms with van der Waals surface area (Å²) in [6.45, 7) is 1.86. The van der Waals surface area contributed by atoms with Crippen molar-refractivity contribution in [3.8, 4) is 0 Å². The Morgan fingerprint density at radius 3 is 2.73 bits per heavy atom. The topological polar surface area (TPSA) is 32.3 Å². The first-order valence-corrected chi connectivity index (χ1v) is 5.41. The average Bonchev–Trinajstić information content (AvgIpc) is 2.17. The number of para-hydroxylation sites is 2. The Morgan fingerprint density at radius 1 is 1.40 bits per heavy atom. The normalized spacial score (nSPS) is 18.3. The summed E-state index contributed by atoms with van der Waals surface area (Å²) in [5, 5.41) is 2.85. The molecule has 0 bridgehead atoms. The predicted molar refractivity (Wildman–Crippen MR) is 65.1 cm³/mol. The number of hydrogen-bond donors (Lipinski definition) is 1. The maximum absolute atomic E-state index is 11.8. The van der Waals surface area contributed by atoms with Crippen LogP contribution in [0.1, 0.15) is 6.92 Å². The molecule has 15 heavy (non-hydrogen) atoms. The van der Waals surface area contributed by atoms with Crippen molar-refractivity contribution in [2.75, 3.05) is 17.3 Å². The van der Waals surface area contributed by atoms with Crippen LogP contribution in [0.5, 0.6) is 0 Å². The number of rotatable bonds is 0. The van der Waals surface area contributed by atoms with Crippen molar-refractivity contribution >= 4 is 33.2 Å². The molecule has 0 atom stereocenters. The molecule has 3 nitrogen and oxygen atoms in total. The minimum absolute atomic E-state index is 0.0782. The van der Waals surface area contributed by atoms with Crippen LogP contribution < -0.4 is 10.2 Å². The Hall–Kier alpha value is -1.29. The summed E-state index contributed by atoms with van der Waals surface area (Å²) in [4.78, 5) is 13.7. The van der Waals surface area contributed by atoms with Crippen LogP contribution in [0.3, 0.4) is 0 Å². The van der Waals surface area contributed by atoms with Crippen LogP contribution in [-0.4, -0.2) is 13.0 Å². The van der Waals surface area contributed by atoms with E-state index in [9.17, 15) is 4.79 Å². The maximum atomic E-state index is 11.8. The highest BCUT2D eigenvalue weighted by molar-refractivity contribution is 9.11. The molecule has 0 saturated heterocycles. The summed E-state index contributed by atoms with van der Waals surface area (Å²) in [5.41, 5.74) is 2.50. The number of fused-ring (bicyclic) bond motifs is 1. The van der Waals surface area contributed by atoms with Gasteiger partial charge in [0, 0.05) is 11.5 Å². The number of benzene rings is 1. The Morgan fingerprint density at radius 2 is 2.07 bits per heavy atom. The number of carbonyl (C=O) groups is 1. The molecule has 0 aromatic heterocycles. The van der Waals surface area contributed by atoms with Crippen LogP contribution in [0.2, 0.25) is 0 Å². The van der Waals surface area contributed by atoms with Gasteiger partial charge >= 0.3 is 0 Å². The zero-order chi connectivity index (χ0) is 11.0. The van der Waals surface area contributed by atoms with Crippen LogP contribution in [-0.2, 0) is 4.79 Å². The fraction of sp³-hybridized carbons (Fsp3) is 0.182. The maximum Gasteiger partial charge on any atom is 0.273 e. The van der Waals surface area contributed by atoms with Crippen molar-refractivity contribution in [1.82, 2.24) is 0 Å². The van der Waals surface area contributed by atoms with Crippen molar-refractivity contribution in [2.24, 2.45) is 0 Å². The van der Waals surface area contributed by atoms with Crippen molar-refractivity contribution < 1.29 is 4.79 Å². The number of likely N-dealkylation sites (N-methyl/N-ethyl adjacent to an activating group) is 1. The SMILES string of the molecule is C/C(Br)=C1/C(=O)Nc2ccccc2N1C. The van der Waals surface area contributed by atoms with E-state index in [4.69, 9.17) is 0 Å². The molecule has 0 aliphatic carbocycles. The van der Waals surface area contributed by atoms with E-state index in [1.54, 1.807) is 0 Å². The summed E-state index contributed by atoms with van der Waals surface area (Å²) in [6.07, 6.45) is 0. The van der Waals surface area contributed by atoms with Crippen molar-refractivity contribution in [3.63, 3.8) is 0 Å². The van der Waals surface area contributed by atoms with Gasteiger partial charge in [0.1, 0.15) is 5.70 Å². The molecule has 1 amide bonds. The molecule has 2 rings (SSSR count). The van der Waals surface area contributed by atoms with E-state index in [1.807, 2.05) is 43.1 Å². The summed E-state index contributed by atoms with van der Waals surface area (Å²) >= 11 is 3.35. The summed E-state index contributed by atoms with van der Waals surface area (Å²) < 4.78 is 0.831. The quantitative estimate of drug-likeness (QED) is 0.733. The third-order valence-electron chi connectivity index (χ3n) is 2.39. The van der Waals surface area contributed by atoms with Crippen molar-refractivity contribution in [3.05, 3.63) is 34.4 Å². The minimum atomic E-state index is -0.0782. The second-order valence-corrected chi connectivity index (χ2v) is 4.60. The molecule has 1 aromatic rings. The van der Waals surface area contributed by atoms with Gasteiger partial charge in [-0.25, -0.2) is 0 Å². The van der Waals surface area contributed by atoms with Gasteiger partial charge in [-0.2, -0.15) is 0 Å². The summed E-state index contributed by atoms with van der Waals surface area (Å²) in [7, 11) is 1.89. The van der Waals surface area contributed by atoms with Gasteiger partial charge in [-0.3, -0.25) is 4.79 Å². The Bertz CT molecular complexity index is 450. The lowest BCUT2D eigenvalue weighted by Gasteiger charge is -2.30. The number of nitrogens with one attached hydrogen (secondary N) is 1. The van der Waals surface area contributed by atoms with E-state index in [2.05, 4.69) is 21.2 Å². The number of carbonyl (C=O) groups excluding carboxylic acids is 1. The fourth-order valence-corrected chi connectivity index (χ4v) is 2.16. The van der Waals surface area contributed by atoms with Crippen LogP contribution in [0.4, 0.5) is 11.4 Å². The highest BCUT2D eigenvalue weighted by Crippen LogP contribution is 2.33. The van der Waals surface area contributed by atoms with Gasteiger partial charge in [0.25, 0.3) is 5.91 Å². The lowest BCUT2D eigenvalue weighted by atomic mass is 10.1. The third kappa shape index (κ3) is 1.65. The molecule has 1 aliphatic rings. The number of nitrogens with zero attached hydrogens (tertiary/aromatic N) is 1. The van der Waals surface area contributed by atoms with Gasteiger partial charge in [0.2, 0.25) is 0 Å². The molecule has 1 N–H and O–H groups in total. The van der Waals surface area contributed by atoms with E-state index in [0.717, 1.165) is 15.9 Å².